The van der Waals surface area contributed by atoms with Crippen LogP contribution in [0.1, 0.15) is 12.5 Å². The Labute approximate surface area is 100 Å². The van der Waals surface area contributed by atoms with Crippen molar-refractivity contribution in [3.8, 4) is 0 Å². The quantitative estimate of drug-likeness (QED) is 0.896. The van der Waals surface area contributed by atoms with Crippen molar-refractivity contribution in [2.75, 3.05) is 7.05 Å². The lowest BCUT2D eigenvalue weighted by atomic mass is 10.1. The molecular formula is C12H15ClFNO. The van der Waals surface area contributed by atoms with Crippen LogP contribution in [-0.2, 0) is 6.42 Å². The summed E-state index contributed by atoms with van der Waals surface area (Å²) in [6.45, 7) is 2.07. The van der Waals surface area contributed by atoms with E-state index in [4.69, 9.17) is 4.42 Å². The minimum absolute atomic E-state index is 0. The van der Waals surface area contributed by atoms with Crippen molar-refractivity contribution in [2.45, 2.75) is 19.4 Å². The number of furan rings is 1. The molecule has 1 unspecified atom stereocenters. The lowest BCUT2D eigenvalue weighted by Gasteiger charge is -2.09. The van der Waals surface area contributed by atoms with Crippen molar-refractivity contribution >= 4 is 23.4 Å². The molecule has 0 aliphatic rings. The fraction of sp³-hybridized carbons (Fsp3) is 0.333. The molecule has 0 fully saturated rings. The van der Waals surface area contributed by atoms with Crippen LogP contribution in [0, 0.1) is 5.82 Å². The van der Waals surface area contributed by atoms with Gasteiger partial charge in [0.05, 0.1) is 6.26 Å². The number of fused-ring (bicyclic) bond motifs is 1. The minimum atomic E-state index is -0.282. The van der Waals surface area contributed by atoms with Crippen molar-refractivity contribution in [3.63, 3.8) is 0 Å². The van der Waals surface area contributed by atoms with Crippen molar-refractivity contribution in [1.82, 2.24) is 5.32 Å². The molecule has 16 heavy (non-hydrogen) atoms. The normalized spacial score (nSPS) is 12.4. The third kappa shape index (κ3) is 2.54. The van der Waals surface area contributed by atoms with E-state index < -0.39 is 0 Å². The fourth-order valence-corrected chi connectivity index (χ4v) is 1.67. The third-order valence-corrected chi connectivity index (χ3v) is 2.60. The topological polar surface area (TPSA) is 25.2 Å². The maximum absolute atomic E-state index is 13.5. The maximum atomic E-state index is 13.5. The SMILES string of the molecule is CNC(C)Cc1cc(F)c2occc2c1.Cl. The van der Waals surface area contributed by atoms with E-state index in [9.17, 15) is 4.39 Å². The van der Waals surface area contributed by atoms with Gasteiger partial charge in [-0.05, 0) is 44.2 Å². The van der Waals surface area contributed by atoms with Crippen LogP contribution in [0.2, 0.25) is 0 Å². The predicted octanol–water partition coefficient (Wildman–Crippen LogP) is 3.14. The summed E-state index contributed by atoms with van der Waals surface area (Å²) in [5, 5.41) is 3.96. The van der Waals surface area contributed by atoms with Crippen molar-refractivity contribution < 1.29 is 8.81 Å². The first-order chi connectivity index (χ1) is 7.20. The largest absolute Gasteiger partial charge is 0.461 e. The number of likely N-dealkylation sites (N-methyl/N-ethyl adjacent to an activating group) is 1. The lowest BCUT2D eigenvalue weighted by molar-refractivity contribution is 0.556. The van der Waals surface area contributed by atoms with Crippen LogP contribution in [0.5, 0.6) is 0 Å². The highest BCUT2D eigenvalue weighted by atomic mass is 35.5. The molecule has 0 bridgehead atoms. The fourth-order valence-electron chi connectivity index (χ4n) is 1.67. The molecule has 0 aliphatic heterocycles. The number of rotatable bonds is 3. The Morgan fingerprint density at radius 1 is 1.44 bits per heavy atom. The highest BCUT2D eigenvalue weighted by Gasteiger charge is 2.08. The molecule has 0 aliphatic carbocycles. The highest BCUT2D eigenvalue weighted by Crippen LogP contribution is 2.21. The molecule has 2 nitrogen and oxygen atoms in total. The van der Waals surface area contributed by atoms with Gasteiger partial charge in [0.25, 0.3) is 0 Å². The van der Waals surface area contributed by atoms with E-state index in [0.717, 1.165) is 17.4 Å². The van der Waals surface area contributed by atoms with Gasteiger partial charge in [0.2, 0.25) is 0 Å². The van der Waals surface area contributed by atoms with Gasteiger partial charge in [0.1, 0.15) is 0 Å². The average Bonchev–Trinajstić information content (AvgIpc) is 2.66. The van der Waals surface area contributed by atoms with Crippen molar-refractivity contribution in [1.29, 1.82) is 0 Å². The standard InChI is InChI=1S/C12H14FNO.ClH/c1-8(14-2)5-9-6-10-3-4-15-12(10)11(13)7-9;/h3-4,6-8,14H,5H2,1-2H3;1H. The molecule has 0 saturated heterocycles. The van der Waals surface area contributed by atoms with Gasteiger partial charge in [-0.3, -0.25) is 0 Å². The molecule has 0 amide bonds. The van der Waals surface area contributed by atoms with Crippen LogP contribution in [-0.4, -0.2) is 13.1 Å². The van der Waals surface area contributed by atoms with E-state index in [-0.39, 0.29) is 18.2 Å². The molecular weight excluding hydrogens is 229 g/mol. The summed E-state index contributed by atoms with van der Waals surface area (Å²) < 4.78 is 18.6. The van der Waals surface area contributed by atoms with Gasteiger partial charge < -0.3 is 9.73 Å². The molecule has 0 saturated carbocycles. The van der Waals surface area contributed by atoms with Crippen LogP contribution in [0.3, 0.4) is 0 Å². The van der Waals surface area contributed by atoms with E-state index in [2.05, 4.69) is 12.2 Å². The molecule has 0 radical (unpaired) electrons. The van der Waals surface area contributed by atoms with Gasteiger partial charge >= 0.3 is 0 Å². The van der Waals surface area contributed by atoms with E-state index in [1.54, 1.807) is 12.1 Å². The van der Waals surface area contributed by atoms with Gasteiger partial charge in [-0.1, -0.05) is 0 Å². The molecule has 1 N–H and O–H groups in total. The molecule has 88 valence electrons. The summed E-state index contributed by atoms with van der Waals surface area (Å²) in [7, 11) is 1.90. The zero-order valence-corrected chi connectivity index (χ0v) is 10.1. The molecule has 1 heterocycles. The first kappa shape index (κ1) is 13.0. The summed E-state index contributed by atoms with van der Waals surface area (Å²) >= 11 is 0. The molecule has 1 atom stereocenters. The number of halogens is 2. The first-order valence-electron chi connectivity index (χ1n) is 5.03. The third-order valence-electron chi connectivity index (χ3n) is 2.60. The van der Waals surface area contributed by atoms with E-state index in [1.807, 2.05) is 13.1 Å². The minimum Gasteiger partial charge on any atom is -0.461 e. The Morgan fingerprint density at radius 2 is 2.19 bits per heavy atom. The van der Waals surface area contributed by atoms with Gasteiger partial charge in [0, 0.05) is 11.4 Å². The van der Waals surface area contributed by atoms with Crippen LogP contribution in [0.25, 0.3) is 11.0 Å². The summed E-state index contributed by atoms with van der Waals surface area (Å²) in [5.74, 6) is -0.282. The average molecular weight is 244 g/mol. The van der Waals surface area contributed by atoms with Gasteiger partial charge in [-0.25, -0.2) is 4.39 Å². The Balaban J connectivity index is 0.00000128. The zero-order valence-electron chi connectivity index (χ0n) is 9.29. The Kier molecular flexibility index (Phi) is 4.33. The Hall–Kier alpha value is -1.06. The van der Waals surface area contributed by atoms with Crippen molar-refractivity contribution in [2.24, 2.45) is 0 Å². The second-order valence-corrected chi connectivity index (χ2v) is 3.81. The highest BCUT2D eigenvalue weighted by molar-refractivity contribution is 5.85. The summed E-state index contributed by atoms with van der Waals surface area (Å²) in [4.78, 5) is 0. The summed E-state index contributed by atoms with van der Waals surface area (Å²) in [6.07, 6.45) is 2.33. The number of hydrogen-bond donors (Lipinski definition) is 1. The molecule has 0 spiro atoms. The van der Waals surface area contributed by atoms with Crippen LogP contribution in [0.15, 0.2) is 28.9 Å². The van der Waals surface area contributed by atoms with Gasteiger partial charge in [-0.2, -0.15) is 0 Å². The summed E-state index contributed by atoms with van der Waals surface area (Å²) in [6, 6.07) is 5.63. The van der Waals surface area contributed by atoms with Crippen molar-refractivity contribution in [3.05, 3.63) is 35.8 Å². The molecule has 1 aromatic heterocycles. The van der Waals surface area contributed by atoms with E-state index in [1.165, 1.54) is 6.26 Å². The molecule has 2 aromatic rings. The van der Waals surface area contributed by atoms with Crippen LogP contribution >= 0.6 is 12.4 Å². The zero-order chi connectivity index (χ0) is 10.8. The van der Waals surface area contributed by atoms with E-state index in [0.29, 0.717) is 11.6 Å². The number of nitrogens with one attached hydrogen (secondary N) is 1. The Bertz CT molecular complexity index is 469. The summed E-state index contributed by atoms with van der Waals surface area (Å²) in [5.41, 5.74) is 1.33. The van der Waals surface area contributed by atoms with Gasteiger partial charge in [-0.15, -0.1) is 12.4 Å². The smallest absolute Gasteiger partial charge is 0.169 e. The molecule has 2 rings (SSSR count). The van der Waals surface area contributed by atoms with Crippen LogP contribution < -0.4 is 5.32 Å². The number of hydrogen-bond acceptors (Lipinski definition) is 2. The lowest BCUT2D eigenvalue weighted by Crippen LogP contribution is -2.23. The maximum Gasteiger partial charge on any atom is 0.169 e. The second-order valence-electron chi connectivity index (χ2n) is 3.81. The second kappa shape index (κ2) is 5.32. The Morgan fingerprint density at radius 3 is 2.88 bits per heavy atom. The van der Waals surface area contributed by atoms with Gasteiger partial charge in [0.15, 0.2) is 11.4 Å². The first-order valence-corrected chi connectivity index (χ1v) is 5.03. The molecule has 1 aromatic carbocycles. The predicted molar refractivity (Wildman–Crippen MR) is 65.6 cm³/mol. The molecule has 4 heteroatoms. The number of benzene rings is 1. The van der Waals surface area contributed by atoms with E-state index >= 15 is 0 Å². The monoisotopic (exact) mass is 243 g/mol. The van der Waals surface area contributed by atoms with Crippen LogP contribution in [0.4, 0.5) is 4.39 Å².